The molecule has 2 aliphatic rings. The van der Waals surface area contributed by atoms with Gasteiger partial charge in [0.1, 0.15) is 19.0 Å². The molecule has 2 heterocycles. The summed E-state index contributed by atoms with van der Waals surface area (Å²) in [5, 5.41) is 3.49. The van der Waals surface area contributed by atoms with Crippen LogP contribution in [0, 0.1) is 12.7 Å². The predicted molar refractivity (Wildman–Crippen MR) is 82.1 cm³/mol. The van der Waals surface area contributed by atoms with Gasteiger partial charge in [-0.15, -0.1) is 0 Å². The number of benzene rings is 2. The molecule has 3 nitrogen and oxygen atoms in total. The molecule has 0 saturated carbocycles. The molecule has 0 bridgehead atoms. The third kappa shape index (κ3) is 2.33. The second kappa shape index (κ2) is 5.29. The predicted octanol–water partition coefficient (Wildman–Crippen LogP) is 3.14. The van der Waals surface area contributed by atoms with Crippen LogP contribution in [0.15, 0.2) is 30.3 Å². The second-order valence-electron chi connectivity index (χ2n) is 5.89. The highest BCUT2D eigenvalue weighted by atomic mass is 19.1. The fourth-order valence-corrected chi connectivity index (χ4v) is 3.32. The quantitative estimate of drug-likeness (QED) is 0.877. The van der Waals surface area contributed by atoms with Gasteiger partial charge in [0.2, 0.25) is 0 Å². The van der Waals surface area contributed by atoms with Gasteiger partial charge >= 0.3 is 0 Å². The van der Waals surface area contributed by atoms with E-state index in [2.05, 4.69) is 11.4 Å². The molecule has 2 aromatic rings. The lowest BCUT2D eigenvalue weighted by molar-refractivity contribution is 0.171. The standard InChI is InChI=1S/C18H18FNO2/c1-11-6-13(8-14(19)7-11)18-15-10-17-16(21-4-5-22-17)9-12(15)2-3-20-18/h6-10,18,20H,2-5H2,1H3. The van der Waals surface area contributed by atoms with Gasteiger partial charge in [-0.3, -0.25) is 0 Å². The summed E-state index contributed by atoms with van der Waals surface area (Å²) >= 11 is 0. The van der Waals surface area contributed by atoms with Crippen LogP contribution < -0.4 is 14.8 Å². The van der Waals surface area contributed by atoms with Crippen molar-refractivity contribution in [1.29, 1.82) is 0 Å². The molecule has 0 spiro atoms. The topological polar surface area (TPSA) is 30.5 Å². The van der Waals surface area contributed by atoms with Crippen LogP contribution in [-0.2, 0) is 6.42 Å². The van der Waals surface area contributed by atoms with Gasteiger partial charge in [-0.2, -0.15) is 0 Å². The number of rotatable bonds is 1. The maximum Gasteiger partial charge on any atom is 0.161 e. The van der Waals surface area contributed by atoms with Gasteiger partial charge in [0.15, 0.2) is 11.5 Å². The maximum absolute atomic E-state index is 13.8. The Kier molecular flexibility index (Phi) is 3.26. The van der Waals surface area contributed by atoms with Crippen molar-refractivity contribution in [1.82, 2.24) is 5.32 Å². The SMILES string of the molecule is Cc1cc(F)cc(C2NCCc3cc4c(cc32)OCCO4)c1. The molecule has 22 heavy (non-hydrogen) atoms. The van der Waals surface area contributed by atoms with E-state index in [0.717, 1.165) is 41.2 Å². The zero-order chi connectivity index (χ0) is 15.1. The average Bonchev–Trinajstić information content (AvgIpc) is 2.51. The van der Waals surface area contributed by atoms with Crippen LogP contribution in [0.3, 0.4) is 0 Å². The fourth-order valence-electron chi connectivity index (χ4n) is 3.32. The van der Waals surface area contributed by atoms with Gasteiger partial charge < -0.3 is 14.8 Å². The van der Waals surface area contributed by atoms with Crippen molar-refractivity contribution >= 4 is 0 Å². The van der Waals surface area contributed by atoms with E-state index < -0.39 is 0 Å². The third-order valence-corrected chi connectivity index (χ3v) is 4.26. The Morgan fingerprint density at radius 2 is 1.82 bits per heavy atom. The van der Waals surface area contributed by atoms with Gasteiger partial charge in [-0.05, 0) is 59.9 Å². The Morgan fingerprint density at radius 3 is 2.59 bits per heavy atom. The van der Waals surface area contributed by atoms with Crippen molar-refractivity contribution in [3.63, 3.8) is 0 Å². The van der Waals surface area contributed by atoms with Gasteiger partial charge in [0.25, 0.3) is 0 Å². The molecule has 2 aromatic carbocycles. The van der Waals surface area contributed by atoms with Gasteiger partial charge in [0, 0.05) is 6.54 Å². The van der Waals surface area contributed by atoms with Crippen LogP contribution in [0.1, 0.15) is 28.3 Å². The van der Waals surface area contributed by atoms with Crippen molar-refractivity contribution in [3.05, 3.63) is 58.4 Å². The van der Waals surface area contributed by atoms with Crippen LogP contribution >= 0.6 is 0 Å². The molecule has 0 radical (unpaired) electrons. The molecule has 1 N–H and O–H groups in total. The number of ether oxygens (including phenoxy) is 2. The lowest BCUT2D eigenvalue weighted by Gasteiger charge is -2.30. The number of nitrogens with one attached hydrogen (secondary N) is 1. The van der Waals surface area contributed by atoms with E-state index in [9.17, 15) is 4.39 Å². The zero-order valence-electron chi connectivity index (χ0n) is 12.5. The van der Waals surface area contributed by atoms with E-state index in [1.165, 1.54) is 5.56 Å². The highest BCUT2D eigenvalue weighted by Gasteiger charge is 2.25. The normalized spacial score (nSPS) is 19.6. The summed E-state index contributed by atoms with van der Waals surface area (Å²) in [4.78, 5) is 0. The lowest BCUT2D eigenvalue weighted by Crippen LogP contribution is -2.31. The molecule has 0 fully saturated rings. The molecule has 0 aliphatic carbocycles. The Bertz CT molecular complexity index is 709. The van der Waals surface area contributed by atoms with Crippen molar-refractivity contribution in [2.45, 2.75) is 19.4 Å². The average molecular weight is 299 g/mol. The minimum absolute atomic E-state index is 0.00558. The molecule has 2 aliphatic heterocycles. The summed E-state index contributed by atoms with van der Waals surface area (Å²) in [5.41, 5.74) is 4.28. The molecule has 1 atom stereocenters. The van der Waals surface area contributed by atoms with Crippen LogP contribution in [0.4, 0.5) is 4.39 Å². The third-order valence-electron chi connectivity index (χ3n) is 4.26. The van der Waals surface area contributed by atoms with Crippen molar-refractivity contribution < 1.29 is 13.9 Å². The van der Waals surface area contributed by atoms with Gasteiger partial charge in [-0.1, -0.05) is 6.07 Å². The van der Waals surface area contributed by atoms with E-state index >= 15 is 0 Å². The Labute approximate surface area is 129 Å². The van der Waals surface area contributed by atoms with Gasteiger partial charge in [-0.25, -0.2) is 4.39 Å². The summed E-state index contributed by atoms with van der Waals surface area (Å²) in [7, 11) is 0. The summed E-state index contributed by atoms with van der Waals surface area (Å²) < 4.78 is 25.1. The van der Waals surface area contributed by atoms with Crippen LogP contribution in [0.2, 0.25) is 0 Å². The molecular formula is C18H18FNO2. The first-order valence-electron chi connectivity index (χ1n) is 7.63. The van der Waals surface area contributed by atoms with Crippen LogP contribution in [0.25, 0.3) is 0 Å². The molecule has 4 rings (SSSR count). The number of aryl methyl sites for hydroxylation is 1. The number of halogens is 1. The Morgan fingerprint density at radius 1 is 1.05 bits per heavy atom. The second-order valence-corrected chi connectivity index (χ2v) is 5.89. The summed E-state index contributed by atoms with van der Waals surface area (Å²) in [6, 6.07) is 9.30. The summed E-state index contributed by atoms with van der Waals surface area (Å²) in [6.45, 7) is 3.95. The zero-order valence-corrected chi connectivity index (χ0v) is 12.5. The lowest BCUT2D eigenvalue weighted by atomic mass is 9.88. The summed E-state index contributed by atoms with van der Waals surface area (Å²) in [6.07, 6.45) is 0.941. The van der Waals surface area contributed by atoms with E-state index in [1.807, 2.05) is 19.1 Å². The van der Waals surface area contributed by atoms with Crippen LogP contribution in [0.5, 0.6) is 11.5 Å². The van der Waals surface area contributed by atoms with E-state index in [4.69, 9.17) is 9.47 Å². The molecule has 114 valence electrons. The Balaban J connectivity index is 1.81. The first kappa shape index (κ1) is 13.6. The van der Waals surface area contributed by atoms with Gasteiger partial charge in [0.05, 0.1) is 6.04 Å². The molecular weight excluding hydrogens is 281 g/mol. The largest absolute Gasteiger partial charge is 0.486 e. The molecule has 4 heteroatoms. The smallest absolute Gasteiger partial charge is 0.161 e. The maximum atomic E-state index is 13.8. The van der Waals surface area contributed by atoms with Crippen LogP contribution in [-0.4, -0.2) is 19.8 Å². The highest BCUT2D eigenvalue weighted by Crippen LogP contribution is 2.39. The number of fused-ring (bicyclic) bond motifs is 2. The first-order valence-corrected chi connectivity index (χ1v) is 7.63. The minimum atomic E-state index is -0.193. The van der Waals surface area contributed by atoms with Crippen molar-refractivity contribution in [2.24, 2.45) is 0 Å². The van der Waals surface area contributed by atoms with E-state index in [-0.39, 0.29) is 11.9 Å². The Hall–Kier alpha value is -2.07. The summed E-state index contributed by atoms with van der Waals surface area (Å²) in [5.74, 6) is 1.41. The molecule has 0 saturated heterocycles. The highest BCUT2D eigenvalue weighted by molar-refractivity contribution is 5.52. The molecule has 0 amide bonds. The minimum Gasteiger partial charge on any atom is -0.486 e. The van der Waals surface area contributed by atoms with Crippen molar-refractivity contribution in [3.8, 4) is 11.5 Å². The number of hydrogen-bond acceptors (Lipinski definition) is 3. The monoisotopic (exact) mass is 299 g/mol. The van der Waals surface area contributed by atoms with E-state index in [1.54, 1.807) is 12.1 Å². The molecule has 0 aromatic heterocycles. The van der Waals surface area contributed by atoms with Crippen molar-refractivity contribution in [2.75, 3.05) is 19.8 Å². The molecule has 1 unspecified atom stereocenters. The first-order chi connectivity index (χ1) is 10.7. The number of hydrogen-bond donors (Lipinski definition) is 1. The van der Waals surface area contributed by atoms with E-state index in [0.29, 0.717) is 13.2 Å². The fraction of sp³-hybridized carbons (Fsp3) is 0.333.